The maximum absolute atomic E-state index is 14.1. The lowest BCUT2D eigenvalue weighted by molar-refractivity contribution is -0.137. The SMILES string of the molecule is CCC(c1nc2ccccc2c(=O)n1-c1ccc(C)c(C)c1)N(Cc1ccccc1)C(=O)c1cccc(C(F)(F)F)c1. The largest absolute Gasteiger partial charge is 0.416 e. The van der Waals surface area contributed by atoms with Gasteiger partial charge in [-0.2, -0.15) is 13.2 Å². The quantitative estimate of drug-likeness (QED) is 0.201. The normalized spacial score (nSPS) is 12.3. The van der Waals surface area contributed by atoms with Gasteiger partial charge < -0.3 is 4.90 Å². The lowest BCUT2D eigenvalue weighted by atomic mass is 10.0. The van der Waals surface area contributed by atoms with Crippen LogP contribution in [0.1, 0.15) is 57.8 Å². The van der Waals surface area contributed by atoms with E-state index in [9.17, 15) is 22.8 Å². The summed E-state index contributed by atoms with van der Waals surface area (Å²) < 4.78 is 42.3. The number of rotatable bonds is 7. The third-order valence-corrected chi connectivity index (χ3v) is 7.50. The molecule has 42 heavy (non-hydrogen) atoms. The molecule has 0 bridgehead atoms. The highest BCUT2D eigenvalue weighted by atomic mass is 19.4. The molecule has 0 aliphatic carbocycles. The Morgan fingerprint density at radius 2 is 1.60 bits per heavy atom. The van der Waals surface area contributed by atoms with Crippen molar-refractivity contribution in [2.45, 2.75) is 46.0 Å². The smallest absolute Gasteiger partial charge is 0.324 e. The molecule has 1 aromatic heterocycles. The van der Waals surface area contributed by atoms with E-state index in [1.54, 1.807) is 24.3 Å². The molecule has 1 amide bonds. The fourth-order valence-electron chi connectivity index (χ4n) is 5.13. The molecule has 0 fully saturated rings. The van der Waals surface area contributed by atoms with Crippen molar-refractivity contribution < 1.29 is 18.0 Å². The zero-order valence-corrected chi connectivity index (χ0v) is 23.5. The van der Waals surface area contributed by atoms with Gasteiger partial charge in [0.05, 0.1) is 28.2 Å². The Morgan fingerprint density at radius 3 is 2.29 bits per heavy atom. The standard InChI is InChI=1S/C34H30F3N3O2/c1-4-30(31-38-29-16-9-8-15-28(29)33(42)40(31)27-18-17-22(2)23(3)19-27)39(21-24-11-6-5-7-12-24)32(41)25-13-10-14-26(20-25)34(35,36)37/h5-20,30H,4,21H2,1-3H3. The van der Waals surface area contributed by atoms with Crippen LogP contribution in [0.5, 0.6) is 0 Å². The van der Waals surface area contributed by atoms with Gasteiger partial charge in [0.1, 0.15) is 5.82 Å². The van der Waals surface area contributed by atoms with Crippen LogP contribution in [0, 0.1) is 13.8 Å². The van der Waals surface area contributed by atoms with Gasteiger partial charge >= 0.3 is 6.18 Å². The number of hydrogen-bond acceptors (Lipinski definition) is 3. The summed E-state index contributed by atoms with van der Waals surface area (Å²) >= 11 is 0. The van der Waals surface area contributed by atoms with Gasteiger partial charge in [0.25, 0.3) is 11.5 Å². The lowest BCUT2D eigenvalue weighted by Crippen LogP contribution is -2.38. The van der Waals surface area contributed by atoms with E-state index in [1.165, 1.54) is 21.6 Å². The average molecular weight is 570 g/mol. The fourth-order valence-corrected chi connectivity index (χ4v) is 5.13. The van der Waals surface area contributed by atoms with Crippen molar-refractivity contribution in [1.29, 1.82) is 0 Å². The summed E-state index contributed by atoms with van der Waals surface area (Å²) in [6.45, 7) is 5.90. The number of carbonyl (C=O) groups is 1. The van der Waals surface area contributed by atoms with E-state index >= 15 is 0 Å². The van der Waals surface area contributed by atoms with Crippen LogP contribution < -0.4 is 5.56 Å². The predicted octanol–water partition coefficient (Wildman–Crippen LogP) is 7.82. The highest BCUT2D eigenvalue weighted by Gasteiger charge is 2.33. The first kappa shape index (κ1) is 28.8. The number of alkyl halides is 3. The van der Waals surface area contributed by atoms with Crippen molar-refractivity contribution in [2.75, 3.05) is 0 Å². The van der Waals surface area contributed by atoms with Crippen molar-refractivity contribution in [3.05, 3.63) is 141 Å². The number of para-hydroxylation sites is 1. The van der Waals surface area contributed by atoms with E-state index in [-0.39, 0.29) is 17.7 Å². The molecule has 1 atom stereocenters. The summed E-state index contributed by atoms with van der Waals surface area (Å²) in [5, 5.41) is 0.424. The molecule has 5 aromatic rings. The van der Waals surface area contributed by atoms with E-state index in [0.717, 1.165) is 28.8 Å². The number of nitrogens with zero attached hydrogens (tertiary/aromatic N) is 3. The number of carbonyl (C=O) groups excluding carboxylic acids is 1. The molecule has 0 saturated carbocycles. The molecule has 5 rings (SSSR count). The second-order valence-corrected chi connectivity index (χ2v) is 10.3. The van der Waals surface area contributed by atoms with E-state index in [0.29, 0.717) is 28.8 Å². The highest BCUT2D eigenvalue weighted by Crippen LogP contribution is 2.32. The number of benzene rings is 4. The molecule has 4 aromatic carbocycles. The lowest BCUT2D eigenvalue weighted by Gasteiger charge is -2.33. The minimum atomic E-state index is -4.60. The average Bonchev–Trinajstić information content (AvgIpc) is 2.98. The van der Waals surface area contributed by atoms with Crippen LogP contribution in [0.2, 0.25) is 0 Å². The first-order chi connectivity index (χ1) is 20.1. The van der Waals surface area contributed by atoms with Crippen molar-refractivity contribution in [2.24, 2.45) is 0 Å². The van der Waals surface area contributed by atoms with Crippen molar-refractivity contribution in [3.8, 4) is 5.69 Å². The first-order valence-electron chi connectivity index (χ1n) is 13.7. The minimum Gasteiger partial charge on any atom is -0.324 e. The van der Waals surface area contributed by atoms with E-state index < -0.39 is 23.7 Å². The summed E-state index contributed by atoms with van der Waals surface area (Å²) in [5.74, 6) is -0.258. The van der Waals surface area contributed by atoms with Gasteiger partial charge in [0.15, 0.2) is 0 Å². The van der Waals surface area contributed by atoms with Crippen molar-refractivity contribution in [1.82, 2.24) is 14.5 Å². The Bertz CT molecular complexity index is 1810. The molecular weight excluding hydrogens is 539 g/mol. The van der Waals surface area contributed by atoms with Crippen LogP contribution in [-0.2, 0) is 12.7 Å². The van der Waals surface area contributed by atoms with Crippen LogP contribution in [0.4, 0.5) is 13.2 Å². The molecular formula is C34H30F3N3O2. The van der Waals surface area contributed by atoms with Crippen molar-refractivity contribution >= 4 is 16.8 Å². The predicted molar refractivity (Wildman–Crippen MR) is 158 cm³/mol. The molecule has 0 aliphatic heterocycles. The monoisotopic (exact) mass is 569 g/mol. The summed E-state index contributed by atoms with van der Waals surface area (Å²) in [7, 11) is 0. The van der Waals surface area contributed by atoms with E-state index in [2.05, 4.69) is 0 Å². The van der Waals surface area contributed by atoms with Crippen LogP contribution in [-0.4, -0.2) is 20.4 Å². The number of aromatic nitrogens is 2. The molecule has 0 radical (unpaired) electrons. The van der Waals surface area contributed by atoms with Gasteiger partial charge in [-0.1, -0.05) is 61.5 Å². The van der Waals surface area contributed by atoms with Crippen molar-refractivity contribution in [3.63, 3.8) is 0 Å². The highest BCUT2D eigenvalue weighted by molar-refractivity contribution is 5.94. The second-order valence-electron chi connectivity index (χ2n) is 10.3. The number of amides is 1. The van der Waals surface area contributed by atoms with Crippen LogP contribution >= 0.6 is 0 Å². The first-order valence-corrected chi connectivity index (χ1v) is 13.7. The zero-order valence-electron chi connectivity index (χ0n) is 23.5. The van der Waals surface area contributed by atoms with Gasteiger partial charge in [-0.25, -0.2) is 4.98 Å². The number of aryl methyl sites for hydroxylation is 2. The Morgan fingerprint density at radius 1 is 0.881 bits per heavy atom. The van der Waals surface area contributed by atoms with Gasteiger partial charge in [0.2, 0.25) is 0 Å². The number of halogens is 3. The molecule has 0 spiro atoms. The number of hydrogen-bond donors (Lipinski definition) is 0. The zero-order chi connectivity index (χ0) is 30.0. The van der Waals surface area contributed by atoms with Crippen LogP contribution in [0.15, 0.2) is 102 Å². The molecule has 0 N–H and O–H groups in total. The number of fused-ring (bicyclic) bond motifs is 1. The van der Waals surface area contributed by atoms with Crippen LogP contribution in [0.3, 0.4) is 0 Å². The van der Waals surface area contributed by atoms with Gasteiger partial charge in [-0.3, -0.25) is 14.2 Å². The molecule has 1 heterocycles. The van der Waals surface area contributed by atoms with E-state index in [1.807, 2.05) is 69.3 Å². The summed E-state index contributed by atoms with van der Waals surface area (Å²) in [6, 6.07) is 25.6. The summed E-state index contributed by atoms with van der Waals surface area (Å²) in [6.07, 6.45) is -4.25. The maximum atomic E-state index is 14.1. The van der Waals surface area contributed by atoms with Gasteiger partial charge in [-0.15, -0.1) is 0 Å². The minimum absolute atomic E-state index is 0.0972. The third kappa shape index (κ3) is 5.70. The van der Waals surface area contributed by atoms with Crippen LogP contribution in [0.25, 0.3) is 16.6 Å². The molecule has 0 saturated heterocycles. The third-order valence-electron chi connectivity index (χ3n) is 7.50. The fraction of sp³-hybridized carbons (Fsp3) is 0.206. The van der Waals surface area contributed by atoms with Gasteiger partial charge in [0, 0.05) is 12.1 Å². The van der Waals surface area contributed by atoms with E-state index in [4.69, 9.17) is 4.98 Å². The Labute approximate surface area is 241 Å². The molecule has 5 nitrogen and oxygen atoms in total. The summed E-state index contributed by atoms with van der Waals surface area (Å²) in [4.78, 5) is 34.6. The molecule has 0 aliphatic rings. The molecule has 8 heteroatoms. The Hall–Kier alpha value is -4.72. The topological polar surface area (TPSA) is 55.2 Å². The maximum Gasteiger partial charge on any atom is 0.416 e. The Balaban J connectivity index is 1.74. The van der Waals surface area contributed by atoms with Gasteiger partial charge in [-0.05, 0) is 79.4 Å². The Kier molecular flexibility index (Phi) is 7.98. The summed E-state index contributed by atoms with van der Waals surface area (Å²) in [5.41, 5.74) is 2.60. The molecule has 1 unspecified atom stereocenters. The second kappa shape index (κ2) is 11.6. The molecule has 214 valence electrons.